The first kappa shape index (κ1) is 20.4. The summed E-state index contributed by atoms with van der Waals surface area (Å²) in [6.45, 7) is 1.69. The highest BCUT2D eigenvalue weighted by atomic mass is 32.2. The van der Waals surface area contributed by atoms with E-state index in [0.717, 1.165) is 5.56 Å². The van der Waals surface area contributed by atoms with Gasteiger partial charge < -0.3 is 15.9 Å². The van der Waals surface area contributed by atoms with Crippen LogP contribution in [0.1, 0.15) is 12.5 Å². The fourth-order valence-electron chi connectivity index (χ4n) is 3.61. The van der Waals surface area contributed by atoms with Crippen molar-refractivity contribution in [2.45, 2.75) is 30.9 Å². The summed E-state index contributed by atoms with van der Waals surface area (Å²) in [7, 11) is 1.70. The molecule has 8 nitrogen and oxygen atoms in total. The average molecular weight is 405 g/mol. The standard InChI is InChI=1S/C19H23N3O5S/c1-10(23)14-17(25)22-15(19(26)27)13(28-18(14)22)9-21(2)12(16(20)24)8-11-6-4-3-5-7-11/h3-7,10,12,14,18,23H,8-9H2,1-2H3,(H2,20,24)(H,26,27)/t10-,12+,14+,18-/m1/s1. The second-order valence-electron chi connectivity index (χ2n) is 7.08. The number of aliphatic hydroxyl groups is 1. The third-order valence-electron chi connectivity index (χ3n) is 5.10. The molecule has 0 aromatic heterocycles. The van der Waals surface area contributed by atoms with Gasteiger partial charge in [-0.3, -0.25) is 19.4 Å². The fourth-order valence-corrected chi connectivity index (χ4v) is 5.28. The summed E-state index contributed by atoms with van der Waals surface area (Å²) >= 11 is 1.25. The molecule has 28 heavy (non-hydrogen) atoms. The molecule has 0 unspecified atom stereocenters. The lowest BCUT2D eigenvalue weighted by Crippen LogP contribution is -2.60. The predicted molar refractivity (Wildman–Crippen MR) is 104 cm³/mol. The number of nitrogens with zero attached hydrogens (tertiary/aromatic N) is 2. The number of primary amides is 1. The van der Waals surface area contributed by atoms with E-state index in [4.69, 9.17) is 5.73 Å². The van der Waals surface area contributed by atoms with E-state index in [1.165, 1.54) is 23.6 Å². The van der Waals surface area contributed by atoms with Crippen LogP contribution in [0.2, 0.25) is 0 Å². The molecule has 0 spiro atoms. The predicted octanol–water partition coefficient (Wildman–Crippen LogP) is 0.223. The van der Waals surface area contributed by atoms with Crippen molar-refractivity contribution in [3.8, 4) is 0 Å². The summed E-state index contributed by atoms with van der Waals surface area (Å²) in [6.07, 6.45) is -0.458. The van der Waals surface area contributed by atoms with Crippen molar-refractivity contribution < 1.29 is 24.6 Å². The maximum atomic E-state index is 12.3. The number of hydrogen-bond donors (Lipinski definition) is 3. The number of aliphatic carboxylic acids is 1. The van der Waals surface area contributed by atoms with Gasteiger partial charge >= 0.3 is 5.97 Å². The Morgan fingerprint density at radius 3 is 2.50 bits per heavy atom. The van der Waals surface area contributed by atoms with E-state index in [1.54, 1.807) is 11.9 Å². The van der Waals surface area contributed by atoms with E-state index in [1.807, 2.05) is 30.3 Å². The molecule has 0 radical (unpaired) electrons. The van der Waals surface area contributed by atoms with Crippen LogP contribution in [0.5, 0.6) is 0 Å². The summed E-state index contributed by atoms with van der Waals surface area (Å²) in [5, 5.41) is 19.0. The molecule has 2 amide bonds. The highest BCUT2D eigenvalue weighted by Crippen LogP contribution is 2.50. The van der Waals surface area contributed by atoms with Gasteiger partial charge in [-0.05, 0) is 26.0 Å². The first-order valence-corrected chi connectivity index (χ1v) is 9.78. The van der Waals surface area contributed by atoms with Crippen molar-refractivity contribution in [2.24, 2.45) is 11.7 Å². The Bertz CT molecular complexity index is 826. The van der Waals surface area contributed by atoms with Gasteiger partial charge in [0.1, 0.15) is 11.1 Å². The smallest absolute Gasteiger partial charge is 0.353 e. The molecule has 1 aromatic carbocycles. The Kier molecular flexibility index (Phi) is 5.78. The molecule has 2 aliphatic heterocycles. The Morgan fingerprint density at radius 2 is 1.96 bits per heavy atom. The van der Waals surface area contributed by atoms with E-state index >= 15 is 0 Å². The molecule has 1 aromatic rings. The lowest BCUT2D eigenvalue weighted by atomic mass is 9.92. The van der Waals surface area contributed by atoms with Crippen molar-refractivity contribution in [3.63, 3.8) is 0 Å². The minimum Gasteiger partial charge on any atom is -0.477 e. The van der Waals surface area contributed by atoms with E-state index in [9.17, 15) is 24.6 Å². The fraction of sp³-hybridized carbons (Fsp3) is 0.421. The highest BCUT2D eigenvalue weighted by molar-refractivity contribution is 8.04. The maximum Gasteiger partial charge on any atom is 0.353 e. The molecule has 2 aliphatic rings. The molecule has 1 saturated heterocycles. The number of β-lactam (4-membered cyclic amide) rings is 1. The number of likely N-dealkylation sites (N-methyl/N-ethyl adjacent to an activating group) is 1. The number of benzene rings is 1. The number of hydrogen-bond acceptors (Lipinski definition) is 6. The van der Waals surface area contributed by atoms with Gasteiger partial charge in [0, 0.05) is 11.4 Å². The normalized spacial score (nSPS) is 23.4. The molecule has 3 rings (SSSR count). The summed E-state index contributed by atoms with van der Waals surface area (Å²) < 4.78 is 0. The Labute approximate surface area is 167 Å². The minimum atomic E-state index is -1.20. The number of amides is 2. The molecule has 2 heterocycles. The SMILES string of the molecule is C[C@@H](O)[C@H]1C(=O)N2C(C(=O)O)=C(CN(C)[C@@H](Cc3ccccc3)C(N)=O)S[C@H]12. The third-order valence-corrected chi connectivity index (χ3v) is 6.45. The van der Waals surface area contributed by atoms with Gasteiger partial charge in [-0.2, -0.15) is 0 Å². The van der Waals surface area contributed by atoms with Crippen molar-refractivity contribution in [2.75, 3.05) is 13.6 Å². The van der Waals surface area contributed by atoms with Gasteiger partial charge in [-0.25, -0.2) is 4.79 Å². The van der Waals surface area contributed by atoms with Crippen molar-refractivity contribution in [3.05, 3.63) is 46.5 Å². The van der Waals surface area contributed by atoms with Crippen LogP contribution in [0.15, 0.2) is 40.9 Å². The van der Waals surface area contributed by atoms with E-state index in [-0.39, 0.29) is 12.2 Å². The molecule has 0 aliphatic carbocycles. The van der Waals surface area contributed by atoms with E-state index in [0.29, 0.717) is 11.3 Å². The van der Waals surface area contributed by atoms with Crippen molar-refractivity contribution in [1.29, 1.82) is 0 Å². The number of aliphatic hydroxyl groups excluding tert-OH is 1. The quantitative estimate of drug-likeness (QED) is 0.529. The van der Waals surface area contributed by atoms with Crippen LogP contribution >= 0.6 is 11.8 Å². The topological polar surface area (TPSA) is 124 Å². The molecule has 4 atom stereocenters. The highest BCUT2D eigenvalue weighted by Gasteiger charge is 2.57. The van der Waals surface area contributed by atoms with Gasteiger partial charge in [-0.1, -0.05) is 30.3 Å². The minimum absolute atomic E-state index is 0.0771. The molecule has 4 N–H and O–H groups in total. The number of carbonyl (C=O) groups is 3. The second-order valence-corrected chi connectivity index (χ2v) is 8.29. The largest absolute Gasteiger partial charge is 0.477 e. The lowest BCUT2D eigenvalue weighted by molar-refractivity contribution is -0.156. The zero-order valence-corrected chi connectivity index (χ0v) is 16.4. The van der Waals surface area contributed by atoms with Crippen LogP contribution in [-0.2, 0) is 20.8 Å². The number of carboxylic acids is 1. The number of fused-ring (bicyclic) bond motifs is 1. The number of rotatable bonds is 8. The molecule has 150 valence electrons. The molecular formula is C19H23N3O5S. The van der Waals surface area contributed by atoms with Crippen LogP contribution in [0.25, 0.3) is 0 Å². The molecule has 1 fully saturated rings. The van der Waals surface area contributed by atoms with Gasteiger partial charge in [0.15, 0.2) is 0 Å². The Morgan fingerprint density at radius 1 is 1.32 bits per heavy atom. The van der Waals surface area contributed by atoms with Gasteiger partial charge in [0.2, 0.25) is 11.8 Å². The van der Waals surface area contributed by atoms with Crippen molar-refractivity contribution >= 4 is 29.5 Å². The lowest BCUT2D eigenvalue weighted by Gasteiger charge is -2.43. The van der Waals surface area contributed by atoms with Crippen LogP contribution in [0, 0.1) is 5.92 Å². The van der Waals surface area contributed by atoms with Gasteiger partial charge in [0.25, 0.3) is 0 Å². The monoisotopic (exact) mass is 405 g/mol. The zero-order chi connectivity index (χ0) is 20.6. The molecular weight excluding hydrogens is 382 g/mol. The van der Waals surface area contributed by atoms with Crippen LogP contribution in [-0.4, -0.2) is 68.9 Å². The first-order valence-electron chi connectivity index (χ1n) is 8.90. The summed E-state index contributed by atoms with van der Waals surface area (Å²) in [6, 6.07) is 8.80. The number of nitrogens with two attached hydrogens (primary N) is 1. The summed E-state index contributed by atoms with van der Waals surface area (Å²) in [5.41, 5.74) is 6.45. The van der Waals surface area contributed by atoms with Crippen molar-refractivity contribution in [1.82, 2.24) is 9.80 Å². The van der Waals surface area contributed by atoms with Gasteiger partial charge in [0.05, 0.1) is 18.1 Å². The summed E-state index contributed by atoms with van der Waals surface area (Å²) in [5.74, 6) is -2.72. The first-order chi connectivity index (χ1) is 13.2. The maximum absolute atomic E-state index is 12.3. The van der Waals surface area contributed by atoms with Crippen LogP contribution in [0.4, 0.5) is 0 Å². The third kappa shape index (κ3) is 3.65. The summed E-state index contributed by atoms with van der Waals surface area (Å²) in [4.78, 5) is 39.5. The zero-order valence-electron chi connectivity index (χ0n) is 15.6. The molecule has 0 bridgehead atoms. The van der Waals surface area contributed by atoms with Crippen LogP contribution in [0.3, 0.4) is 0 Å². The van der Waals surface area contributed by atoms with Crippen LogP contribution < -0.4 is 5.73 Å². The van der Waals surface area contributed by atoms with E-state index < -0.39 is 41.2 Å². The molecule has 0 saturated carbocycles. The molecule has 9 heteroatoms. The van der Waals surface area contributed by atoms with Gasteiger partial charge in [-0.15, -0.1) is 11.8 Å². The second kappa shape index (κ2) is 7.94. The number of carboxylic acid groups (broad SMARTS) is 1. The number of carbonyl (C=O) groups excluding carboxylic acids is 2. The average Bonchev–Trinajstić information content (AvgIpc) is 2.94. The Hall–Kier alpha value is -2.36. The van der Waals surface area contributed by atoms with E-state index in [2.05, 4.69) is 0 Å². The number of thioether (sulfide) groups is 1. The Balaban J connectivity index is 1.80.